The molecule has 0 bridgehead atoms. The molecule has 3 aromatic heterocycles. The van der Waals surface area contributed by atoms with Crippen LogP contribution >= 0.6 is 0 Å². The lowest BCUT2D eigenvalue weighted by molar-refractivity contribution is 0.179. The average Bonchev–Trinajstić information content (AvgIpc) is 2.68. The molecule has 0 saturated carbocycles. The molecule has 3 aromatic rings. The molecule has 0 unspecified atom stereocenters. The van der Waals surface area contributed by atoms with Gasteiger partial charge in [0.15, 0.2) is 0 Å². The first-order chi connectivity index (χ1) is 13.2. The van der Waals surface area contributed by atoms with Crippen LogP contribution in [0.1, 0.15) is 12.2 Å². The molecule has 0 amide bonds. The molecular weight excluding hydrogens is 338 g/mol. The van der Waals surface area contributed by atoms with Crippen LogP contribution in [0.15, 0.2) is 55.1 Å². The molecule has 138 valence electrons. The van der Waals surface area contributed by atoms with Gasteiger partial charge in [-0.05, 0) is 36.8 Å². The lowest BCUT2D eigenvalue weighted by Gasteiger charge is -2.34. The maximum absolute atomic E-state index is 6.13. The highest BCUT2D eigenvalue weighted by molar-refractivity contribution is 5.67. The van der Waals surface area contributed by atoms with Gasteiger partial charge in [0.2, 0.25) is 0 Å². The largest absolute Gasteiger partial charge is 0.326 e. The Morgan fingerprint density at radius 3 is 1.78 bits per heavy atom. The summed E-state index contributed by atoms with van der Waals surface area (Å²) < 4.78 is 0. The Morgan fingerprint density at radius 1 is 0.815 bits per heavy atom. The molecule has 4 N–H and O–H groups in total. The van der Waals surface area contributed by atoms with Crippen LogP contribution in [-0.4, -0.2) is 50.0 Å². The number of nitrogens with zero attached hydrogens (tertiary/aromatic N) is 5. The van der Waals surface area contributed by atoms with Crippen LogP contribution < -0.4 is 11.5 Å². The van der Waals surface area contributed by atoms with Crippen LogP contribution in [0, 0.1) is 0 Å². The molecule has 4 heterocycles. The number of piperidine rings is 1. The Morgan fingerprint density at radius 2 is 1.30 bits per heavy atom. The van der Waals surface area contributed by atoms with Gasteiger partial charge in [0.05, 0.1) is 17.9 Å². The Balaban J connectivity index is 1.70. The van der Waals surface area contributed by atoms with Gasteiger partial charge in [-0.15, -0.1) is 0 Å². The van der Waals surface area contributed by atoms with E-state index in [1.54, 1.807) is 24.8 Å². The molecular formula is C20H23N7. The molecule has 4 rings (SSSR count). The second-order valence-corrected chi connectivity index (χ2v) is 6.98. The van der Waals surface area contributed by atoms with Crippen LogP contribution in [0.3, 0.4) is 0 Å². The first kappa shape index (κ1) is 17.7. The lowest BCUT2D eigenvalue weighted by atomic mass is 10.0. The maximum Gasteiger partial charge on any atom is 0.143 e. The highest BCUT2D eigenvalue weighted by Gasteiger charge is 2.23. The molecule has 0 spiro atoms. The Labute approximate surface area is 158 Å². The number of hydrogen-bond acceptors (Lipinski definition) is 7. The summed E-state index contributed by atoms with van der Waals surface area (Å²) in [5.41, 5.74) is 16.0. The zero-order valence-corrected chi connectivity index (χ0v) is 15.1. The molecule has 1 aliphatic rings. The van der Waals surface area contributed by atoms with E-state index in [4.69, 9.17) is 21.4 Å². The van der Waals surface area contributed by atoms with E-state index in [1.807, 2.05) is 30.3 Å². The van der Waals surface area contributed by atoms with E-state index in [9.17, 15) is 0 Å². The number of likely N-dealkylation sites (tertiary alicyclic amines) is 1. The summed E-state index contributed by atoms with van der Waals surface area (Å²) >= 11 is 0. The van der Waals surface area contributed by atoms with Crippen molar-refractivity contribution in [3.05, 3.63) is 60.9 Å². The number of hydrogen-bond donors (Lipinski definition) is 2. The van der Waals surface area contributed by atoms with Crippen molar-refractivity contribution in [1.29, 1.82) is 0 Å². The Bertz CT molecular complexity index is 818. The highest BCUT2D eigenvalue weighted by Crippen LogP contribution is 2.24. The van der Waals surface area contributed by atoms with Crippen LogP contribution in [-0.2, 0) is 6.54 Å². The predicted octanol–water partition coefficient (Wildman–Crippen LogP) is 1.46. The summed E-state index contributed by atoms with van der Waals surface area (Å²) in [5, 5.41) is 0. The number of nitrogens with two attached hydrogens (primary N) is 2. The van der Waals surface area contributed by atoms with Gasteiger partial charge in [0.25, 0.3) is 0 Å². The summed E-state index contributed by atoms with van der Waals surface area (Å²) in [6.45, 7) is 2.24. The summed E-state index contributed by atoms with van der Waals surface area (Å²) in [4.78, 5) is 20.0. The van der Waals surface area contributed by atoms with Crippen molar-refractivity contribution in [2.75, 3.05) is 13.1 Å². The third-order valence-electron chi connectivity index (χ3n) is 4.68. The van der Waals surface area contributed by atoms with Gasteiger partial charge in [0, 0.05) is 61.1 Å². The van der Waals surface area contributed by atoms with Gasteiger partial charge >= 0.3 is 0 Å². The zero-order valence-electron chi connectivity index (χ0n) is 15.1. The summed E-state index contributed by atoms with van der Waals surface area (Å²) in [7, 11) is 0. The molecule has 1 aliphatic heterocycles. The van der Waals surface area contributed by atoms with Crippen LogP contribution in [0.2, 0.25) is 0 Å². The van der Waals surface area contributed by atoms with Crippen molar-refractivity contribution in [3.63, 3.8) is 0 Å². The predicted molar refractivity (Wildman–Crippen MR) is 104 cm³/mol. The standard InChI is InChI=1S/C20H23N7/c21-16-9-17(22)12-27(11-16)13-20-25-18(14-1-5-23-6-2-14)10-19(26-20)15-3-7-24-8-4-15/h1-8,10,16-17H,9,11-13,21-22H2/t16-,17+. The van der Waals surface area contributed by atoms with Gasteiger partial charge in [-0.2, -0.15) is 0 Å². The van der Waals surface area contributed by atoms with Crippen LogP contribution in [0.25, 0.3) is 22.5 Å². The first-order valence-corrected chi connectivity index (χ1v) is 9.09. The SMILES string of the molecule is N[C@@H]1C[C@H](N)CN(Cc2nc(-c3ccncc3)cc(-c3ccncc3)n2)C1. The normalized spacial score (nSPS) is 20.5. The van der Waals surface area contributed by atoms with E-state index in [0.717, 1.165) is 47.8 Å². The molecule has 7 heteroatoms. The lowest BCUT2D eigenvalue weighted by Crippen LogP contribution is -2.51. The Kier molecular flexibility index (Phi) is 5.15. The van der Waals surface area contributed by atoms with Crippen molar-refractivity contribution >= 4 is 0 Å². The molecule has 27 heavy (non-hydrogen) atoms. The van der Waals surface area contributed by atoms with E-state index in [0.29, 0.717) is 6.54 Å². The molecule has 1 saturated heterocycles. The molecule has 0 aromatic carbocycles. The van der Waals surface area contributed by atoms with Crippen molar-refractivity contribution in [1.82, 2.24) is 24.8 Å². The number of pyridine rings is 2. The fraction of sp³-hybridized carbons (Fsp3) is 0.300. The topological polar surface area (TPSA) is 107 Å². The van der Waals surface area contributed by atoms with Gasteiger partial charge < -0.3 is 11.5 Å². The quantitative estimate of drug-likeness (QED) is 0.724. The second-order valence-electron chi connectivity index (χ2n) is 6.98. The monoisotopic (exact) mass is 361 g/mol. The third kappa shape index (κ3) is 4.33. The fourth-order valence-corrected chi connectivity index (χ4v) is 3.51. The minimum absolute atomic E-state index is 0.0943. The van der Waals surface area contributed by atoms with Gasteiger partial charge in [-0.25, -0.2) is 9.97 Å². The van der Waals surface area contributed by atoms with E-state index >= 15 is 0 Å². The number of aromatic nitrogens is 4. The molecule has 2 atom stereocenters. The van der Waals surface area contributed by atoms with Gasteiger partial charge in [-0.3, -0.25) is 14.9 Å². The third-order valence-corrected chi connectivity index (χ3v) is 4.68. The van der Waals surface area contributed by atoms with E-state index < -0.39 is 0 Å². The Hall–Kier alpha value is -2.74. The zero-order chi connectivity index (χ0) is 18.6. The molecule has 1 fully saturated rings. The minimum atomic E-state index is 0.0943. The number of rotatable bonds is 4. The summed E-state index contributed by atoms with van der Waals surface area (Å²) in [5.74, 6) is 0.762. The van der Waals surface area contributed by atoms with Crippen molar-refractivity contribution in [3.8, 4) is 22.5 Å². The van der Waals surface area contributed by atoms with E-state index in [-0.39, 0.29) is 12.1 Å². The van der Waals surface area contributed by atoms with Gasteiger partial charge in [-0.1, -0.05) is 0 Å². The maximum atomic E-state index is 6.13. The van der Waals surface area contributed by atoms with Crippen molar-refractivity contribution in [2.24, 2.45) is 11.5 Å². The fourth-order valence-electron chi connectivity index (χ4n) is 3.51. The van der Waals surface area contributed by atoms with Crippen molar-refractivity contribution in [2.45, 2.75) is 25.0 Å². The second kappa shape index (κ2) is 7.87. The molecule has 7 nitrogen and oxygen atoms in total. The first-order valence-electron chi connectivity index (χ1n) is 9.09. The molecule has 0 radical (unpaired) electrons. The highest BCUT2D eigenvalue weighted by atomic mass is 15.2. The minimum Gasteiger partial charge on any atom is -0.326 e. The van der Waals surface area contributed by atoms with E-state index in [1.165, 1.54) is 0 Å². The van der Waals surface area contributed by atoms with Crippen molar-refractivity contribution < 1.29 is 0 Å². The summed E-state index contributed by atoms with van der Waals surface area (Å²) in [6, 6.07) is 10.0. The average molecular weight is 361 g/mol. The smallest absolute Gasteiger partial charge is 0.143 e. The summed E-state index contributed by atoms with van der Waals surface area (Å²) in [6.07, 6.45) is 7.94. The molecule has 0 aliphatic carbocycles. The van der Waals surface area contributed by atoms with Crippen LogP contribution in [0.5, 0.6) is 0 Å². The van der Waals surface area contributed by atoms with E-state index in [2.05, 4.69) is 14.9 Å². The van der Waals surface area contributed by atoms with Gasteiger partial charge in [0.1, 0.15) is 5.82 Å². The van der Waals surface area contributed by atoms with Crippen LogP contribution in [0.4, 0.5) is 0 Å².